The molecule has 0 saturated carbocycles. The zero-order valence-electron chi connectivity index (χ0n) is 9.97. The van der Waals surface area contributed by atoms with Crippen molar-refractivity contribution in [3.05, 3.63) is 29.8 Å². The van der Waals surface area contributed by atoms with E-state index in [-0.39, 0.29) is 12.5 Å². The second-order valence-corrected chi connectivity index (χ2v) is 3.49. The minimum atomic E-state index is -1.35. The molecule has 0 heterocycles. The minimum Gasteiger partial charge on any atom is -0.548 e. The van der Waals surface area contributed by atoms with Crippen LogP contribution in [0.15, 0.2) is 24.3 Å². The lowest BCUT2D eigenvalue weighted by atomic mass is 10.2. The van der Waals surface area contributed by atoms with Crippen molar-refractivity contribution < 1.29 is 24.2 Å². The zero-order valence-corrected chi connectivity index (χ0v) is 9.97. The number of hydrogen-bond donors (Lipinski definition) is 1. The van der Waals surface area contributed by atoms with Crippen LogP contribution in [-0.4, -0.2) is 32.2 Å². The van der Waals surface area contributed by atoms with E-state index >= 15 is 0 Å². The molecule has 0 fully saturated rings. The molecular weight excluding hydrogens is 238 g/mol. The van der Waals surface area contributed by atoms with E-state index in [2.05, 4.69) is 10.1 Å². The summed E-state index contributed by atoms with van der Waals surface area (Å²) in [7, 11) is 1.56. The molecule has 6 nitrogen and oxygen atoms in total. The first kappa shape index (κ1) is 14.0. The summed E-state index contributed by atoms with van der Waals surface area (Å²) in [6.45, 7) is -0.574. The molecule has 0 aliphatic carbocycles. The second kappa shape index (κ2) is 7.29. The van der Waals surface area contributed by atoms with Crippen LogP contribution in [0.4, 0.5) is 0 Å². The SMILES string of the molecule is COc1cccc(CNC(=O)COCC(=O)[O-])c1. The Balaban J connectivity index is 2.31. The number of hydrogen-bond acceptors (Lipinski definition) is 5. The molecule has 1 aromatic carbocycles. The van der Waals surface area contributed by atoms with E-state index in [9.17, 15) is 14.7 Å². The summed E-state index contributed by atoms with van der Waals surface area (Å²) in [5.74, 6) is -1.04. The molecule has 0 unspecified atom stereocenters. The fourth-order valence-electron chi connectivity index (χ4n) is 1.26. The first-order valence-electron chi connectivity index (χ1n) is 5.29. The number of amides is 1. The molecular formula is C12H14NO5-. The fourth-order valence-corrected chi connectivity index (χ4v) is 1.26. The summed E-state index contributed by atoms with van der Waals surface area (Å²) in [5, 5.41) is 12.6. The topological polar surface area (TPSA) is 87.7 Å². The Labute approximate surface area is 105 Å². The van der Waals surface area contributed by atoms with Crippen LogP contribution in [0.2, 0.25) is 0 Å². The number of carboxylic acids is 1. The van der Waals surface area contributed by atoms with E-state index < -0.39 is 12.6 Å². The van der Waals surface area contributed by atoms with Crippen molar-refractivity contribution in [3.8, 4) is 5.75 Å². The fraction of sp³-hybridized carbons (Fsp3) is 0.333. The van der Waals surface area contributed by atoms with Gasteiger partial charge in [-0.05, 0) is 17.7 Å². The lowest BCUT2D eigenvalue weighted by Gasteiger charge is -2.07. The van der Waals surface area contributed by atoms with Crippen LogP contribution < -0.4 is 15.2 Å². The van der Waals surface area contributed by atoms with Crippen LogP contribution in [0.25, 0.3) is 0 Å². The smallest absolute Gasteiger partial charge is 0.246 e. The van der Waals surface area contributed by atoms with Crippen LogP contribution >= 0.6 is 0 Å². The van der Waals surface area contributed by atoms with Gasteiger partial charge in [0.2, 0.25) is 5.91 Å². The number of rotatable bonds is 7. The molecule has 0 spiro atoms. The van der Waals surface area contributed by atoms with Crippen LogP contribution in [-0.2, 0) is 20.9 Å². The monoisotopic (exact) mass is 252 g/mol. The largest absolute Gasteiger partial charge is 0.548 e. The molecule has 1 N–H and O–H groups in total. The summed E-state index contributed by atoms with van der Waals surface area (Å²) in [6.07, 6.45) is 0. The highest BCUT2D eigenvalue weighted by Crippen LogP contribution is 2.11. The van der Waals surface area contributed by atoms with Crippen molar-refractivity contribution in [2.75, 3.05) is 20.3 Å². The van der Waals surface area contributed by atoms with Gasteiger partial charge < -0.3 is 24.7 Å². The number of nitrogens with one attached hydrogen (secondary N) is 1. The van der Waals surface area contributed by atoms with Crippen molar-refractivity contribution in [3.63, 3.8) is 0 Å². The lowest BCUT2D eigenvalue weighted by Crippen LogP contribution is -2.32. The standard InChI is InChI=1S/C12H15NO5/c1-17-10-4-2-3-9(5-10)6-13-11(14)7-18-8-12(15)16/h2-5H,6-8H2,1H3,(H,13,14)(H,15,16)/p-1. The average Bonchev–Trinajstić information content (AvgIpc) is 2.36. The van der Waals surface area contributed by atoms with E-state index in [1.54, 1.807) is 19.2 Å². The Morgan fingerprint density at radius 1 is 1.33 bits per heavy atom. The second-order valence-electron chi connectivity index (χ2n) is 3.49. The Morgan fingerprint density at radius 3 is 2.78 bits per heavy atom. The average molecular weight is 252 g/mol. The summed E-state index contributed by atoms with van der Waals surface area (Å²) in [5.41, 5.74) is 0.877. The third-order valence-electron chi connectivity index (χ3n) is 2.08. The van der Waals surface area contributed by atoms with Gasteiger partial charge in [-0.15, -0.1) is 0 Å². The number of aliphatic carboxylic acids is 1. The van der Waals surface area contributed by atoms with Crippen LogP contribution in [0.3, 0.4) is 0 Å². The van der Waals surface area contributed by atoms with Crippen molar-refractivity contribution in [2.24, 2.45) is 0 Å². The van der Waals surface area contributed by atoms with Crippen molar-refractivity contribution in [1.29, 1.82) is 0 Å². The van der Waals surface area contributed by atoms with E-state index in [1.807, 2.05) is 12.1 Å². The molecule has 6 heteroatoms. The molecule has 1 rings (SSSR count). The number of carboxylic acid groups (broad SMARTS) is 1. The van der Waals surface area contributed by atoms with Crippen LogP contribution in [0, 0.1) is 0 Å². The molecule has 0 bridgehead atoms. The quantitative estimate of drug-likeness (QED) is 0.678. The van der Waals surface area contributed by atoms with Gasteiger partial charge in [-0.3, -0.25) is 4.79 Å². The van der Waals surface area contributed by atoms with Crippen LogP contribution in [0.5, 0.6) is 5.75 Å². The number of benzene rings is 1. The Kier molecular flexibility index (Phi) is 5.66. The van der Waals surface area contributed by atoms with Gasteiger partial charge in [0.15, 0.2) is 0 Å². The maximum Gasteiger partial charge on any atom is 0.246 e. The van der Waals surface area contributed by atoms with Gasteiger partial charge in [-0.1, -0.05) is 12.1 Å². The van der Waals surface area contributed by atoms with E-state index in [0.717, 1.165) is 5.56 Å². The number of carbonyl (C=O) groups is 2. The Bertz CT molecular complexity index is 419. The molecule has 0 aliphatic heterocycles. The summed E-state index contributed by atoms with van der Waals surface area (Å²) >= 11 is 0. The maximum atomic E-state index is 11.3. The molecule has 98 valence electrons. The Morgan fingerprint density at radius 2 is 2.11 bits per heavy atom. The van der Waals surface area contributed by atoms with Crippen LogP contribution in [0.1, 0.15) is 5.56 Å². The van der Waals surface area contributed by atoms with Gasteiger partial charge in [-0.25, -0.2) is 0 Å². The van der Waals surface area contributed by atoms with Gasteiger partial charge >= 0.3 is 0 Å². The summed E-state index contributed by atoms with van der Waals surface area (Å²) < 4.78 is 9.63. The predicted octanol–water partition coefficient (Wildman–Crippen LogP) is -0.922. The highest BCUT2D eigenvalue weighted by molar-refractivity contribution is 5.77. The maximum absolute atomic E-state index is 11.3. The van der Waals surface area contributed by atoms with Gasteiger partial charge in [-0.2, -0.15) is 0 Å². The van der Waals surface area contributed by atoms with E-state index in [4.69, 9.17) is 4.74 Å². The number of methoxy groups -OCH3 is 1. The minimum absolute atomic E-state index is 0.308. The number of carbonyl (C=O) groups excluding carboxylic acids is 2. The zero-order chi connectivity index (χ0) is 13.4. The Hall–Kier alpha value is -2.08. The lowest BCUT2D eigenvalue weighted by molar-refractivity contribution is -0.309. The highest BCUT2D eigenvalue weighted by atomic mass is 16.5. The first-order chi connectivity index (χ1) is 8.61. The van der Waals surface area contributed by atoms with Gasteiger partial charge in [0.05, 0.1) is 19.7 Å². The highest BCUT2D eigenvalue weighted by Gasteiger charge is 2.02. The van der Waals surface area contributed by atoms with Crippen molar-refractivity contribution >= 4 is 11.9 Å². The van der Waals surface area contributed by atoms with Crippen molar-refractivity contribution in [1.82, 2.24) is 5.32 Å². The predicted molar refractivity (Wildman–Crippen MR) is 60.7 cm³/mol. The number of ether oxygens (including phenoxy) is 2. The summed E-state index contributed by atoms with van der Waals surface area (Å²) in [4.78, 5) is 21.3. The normalized spacial score (nSPS) is 9.83. The van der Waals surface area contributed by atoms with Crippen molar-refractivity contribution in [2.45, 2.75) is 6.54 Å². The van der Waals surface area contributed by atoms with Gasteiger partial charge in [0, 0.05) is 6.54 Å². The molecule has 1 amide bonds. The molecule has 1 aromatic rings. The van der Waals surface area contributed by atoms with Gasteiger partial charge in [0.1, 0.15) is 12.4 Å². The molecule has 0 saturated heterocycles. The molecule has 18 heavy (non-hydrogen) atoms. The third-order valence-corrected chi connectivity index (χ3v) is 2.08. The molecule has 0 aliphatic rings. The summed E-state index contributed by atoms with van der Waals surface area (Å²) in [6, 6.07) is 7.24. The van der Waals surface area contributed by atoms with E-state index in [1.165, 1.54) is 0 Å². The first-order valence-corrected chi connectivity index (χ1v) is 5.29. The third kappa shape index (κ3) is 5.31. The molecule has 0 aromatic heterocycles. The molecule has 0 radical (unpaired) electrons. The molecule has 0 atom stereocenters. The van der Waals surface area contributed by atoms with E-state index in [0.29, 0.717) is 12.3 Å². The van der Waals surface area contributed by atoms with Gasteiger partial charge in [0.25, 0.3) is 0 Å².